The van der Waals surface area contributed by atoms with E-state index in [-0.39, 0.29) is 11.3 Å². The fraction of sp³-hybridized carbons (Fsp3) is 0.222. The summed E-state index contributed by atoms with van der Waals surface area (Å²) in [6.45, 7) is 1.71. The number of benzene rings is 1. The number of carbonyl (C=O) groups is 1. The van der Waals surface area contributed by atoms with Gasteiger partial charge >= 0.3 is 0 Å². The second kappa shape index (κ2) is 3.81. The van der Waals surface area contributed by atoms with Gasteiger partial charge in [-0.25, -0.2) is 4.39 Å². The van der Waals surface area contributed by atoms with E-state index in [2.05, 4.69) is 15.9 Å². The lowest BCUT2D eigenvalue weighted by Gasteiger charge is -2.01. The molecule has 1 rings (SSSR count). The maximum atomic E-state index is 13.0. The van der Waals surface area contributed by atoms with Crippen molar-refractivity contribution in [2.75, 3.05) is 0 Å². The Balaban J connectivity index is 3.21. The summed E-state index contributed by atoms with van der Waals surface area (Å²) in [5, 5.41) is 0. The summed E-state index contributed by atoms with van der Waals surface area (Å²) in [6, 6.07) is 4.51. The van der Waals surface area contributed by atoms with Gasteiger partial charge in [-0.2, -0.15) is 0 Å². The van der Waals surface area contributed by atoms with Crippen molar-refractivity contribution in [2.45, 2.75) is 13.3 Å². The van der Waals surface area contributed by atoms with E-state index in [1.165, 1.54) is 6.07 Å². The molecule has 0 aliphatic carbocycles. The van der Waals surface area contributed by atoms with Crippen molar-refractivity contribution in [3.05, 3.63) is 34.1 Å². The minimum Gasteiger partial charge on any atom is -0.294 e. The Morgan fingerprint density at radius 1 is 1.58 bits per heavy atom. The molecule has 1 aromatic carbocycles. The van der Waals surface area contributed by atoms with Crippen LogP contribution in [0.1, 0.15) is 23.7 Å². The molecular formula is C9H8BrFO. The molecule has 0 saturated carbocycles. The number of hydrogen-bond donors (Lipinski definition) is 0. The molecule has 1 nitrogen and oxygen atoms in total. The third-order valence-corrected chi connectivity index (χ3v) is 2.22. The first-order valence-corrected chi connectivity index (χ1v) is 4.43. The molecule has 12 heavy (non-hydrogen) atoms. The smallest absolute Gasteiger partial charge is 0.166 e. The first kappa shape index (κ1) is 9.39. The zero-order valence-electron chi connectivity index (χ0n) is 6.60. The number of ketones is 1. The summed E-state index contributed by atoms with van der Waals surface area (Å²) in [5.74, 6) is -0.642. The Morgan fingerprint density at radius 3 is 2.75 bits per heavy atom. The standard InChI is InChI=1S/C9H8BrFO/c1-2-8(12)9-6(10)4-3-5-7(9)11/h3-5H,2H2,1H3. The molecule has 0 aliphatic heterocycles. The number of halogens is 2. The molecule has 0 spiro atoms. The second-order valence-corrected chi connectivity index (χ2v) is 3.23. The van der Waals surface area contributed by atoms with Crippen LogP contribution in [0.3, 0.4) is 0 Å². The molecule has 0 aliphatic rings. The van der Waals surface area contributed by atoms with Crippen molar-refractivity contribution < 1.29 is 9.18 Å². The monoisotopic (exact) mass is 230 g/mol. The van der Waals surface area contributed by atoms with Crippen LogP contribution >= 0.6 is 15.9 Å². The fourth-order valence-corrected chi connectivity index (χ4v) is 1.50. The molecule has 0 atom stereocenters. The zero-order valence-corrected chi connectivity index (χ0v) is 8.19. The molecule has 64 valence electrons. The molecule has 0 unspecified atom stereocenters. The predicted molar refractivity (Wildman–Crippen MR) is 48.7 cm³/mol. The molecule has 0 saturated heterocycles. The summed E-state index contributed by atoms with van der Waals surface area (Å²) in [6.07, 6.45) is 0.319. The van der Waals surface area contributed by atoms with Crippen LogP contribution in [0.5, 0.6) is 0 Å². The first-order valence-electron chi connectivity index (χ1n) is 3.64. The van der Waals surface area contributed by atoms with Gasteiger partial charge in [-0.15, -0.1) is 0 Å². The summed E-state index contributed by atoms with van der Waals surface area (Å²) in [5.41, 5.74) is 0.153. The predicted octanol–water partition coefficient (Wildman–Crippen LogP) is 3.18. The van der Waals surface area contributed by atoms with Gasteiger partial charge in [-0.3, -0.25) is 4.79 Å². The molecule has 0 heterocycles. The first-order chi connectivity index (χ1) is 5.66. The van der Waals surface area contributed by atoms with E-state index in [0.717, 1.165) is 0 Å². The highest BCUT2D eigenvalue weighted by Gasteiger charge is 2.12. The van der Waals surface area contributed by atoms with E-state index in [4.69, 9.17) is 0 Å². The fourth-order valence-electron chi connectivity index (χ4n) is 0.941. The lowest BCUT2D eigenvalue weighted by atomic mass is 10.1. The van der Waals surface area contributed by atoms with Crippen LogP contribution in [0.2, 0.25) is 0 Å². The highest BCUT2D eigenvalue weighted by atomic mass is 79.9. The Labute approximate surface area is 78.7 Å². The summed E-state index contributed by atoms with van der Waals surface area (Å²) < 4.78 is 13.6. The van der Waals surface area contributed by atoms with Gasteiger partial charge in [-0.1, -0.05) is 13.0 Å². The number of hydrogen-bond acceptors (Lipinski definition) is 1. The van der Waals surface area contributed by atoms with Crippen molar-refractivity contribution >= 4 is 21.7 Å². The molecule has 0 radical (unpaired) electrons. The van der Waals surface area contributed by atoms with Gasteiger partial charge in [0.2, 0.25) is 0 Å². The quantitative estimate of drug-likeness (QED) is 0.714. The molecule has 0 N–H and O–H groups in total. The third-order valence-electron chi connectivity index (χ3n) is 1.56. The van der Waals surface area contributed by atoms with Crippen LogP contribution in [-0.4, -0.2) is 5.78 Å². The minimum atomic E-state index is -0.462. The van der Waals surface area contributed by atoms with Crippen LogP contribution < -0.4 is 0 Å². The Hall–Kier alpha value is -0.700. The van der Waals surface area contributed by atoms with Gasteiger partial charge in [0, 0.05) is 10.9 Å². The van der Waals surface area contributed by atoms with Gasteiger partial charge in [0.1, 0.15) is 5.82 Å². The van der Waals surface area contributed by atoms with E-state index in [0.29, 0.717) is 10.9 Å². The minimum absolute atomic E-state index is 0.153. The summed E-state index contributed by atoms with van der Waals surface area (Å²) >= 11 is 3.13. The van der Waals surface area contributed by atoms with Crippen molar-refractivity contribution in [3.8, 4) is 0 Å². The maximum absolute atomic E-state index is 13.0. The lowest BCUT2D eigenvalue weighted by Crippen LogP contribution is -2.01. The van der Waals surface area contributed by atoms with Crippen LogP contribution in [-0.2, 0) is 0 Å². The second-order valence-electron chi connectivity index (χ2n) is 2.37. The molecule has 0 aromatic heterocycles. The van der Waals surface area contributed by atoms with Crippen LogP contribution in [0.4, 0.5) is 4.39 Å². The molecule has 3 heteroatoms. The van der Waals surface area contributed by atoms with Crippen LogP contribution in [0.15, 0.2) is 22.7 Å². The average Bonchev–Trinajstić information content (AvgIpc) is 2.03. The number of rotatable bonds is 2. The Morgan fingerprint density at radius 2 is 2.25 bits per heavy atom. The Kier molecular flexibility index (Phi) is 2.98. The van der Waals surface area contributed by atoms with E-state index in [1.54, 1.807) is 19.1 Å². The molecule has 0 amide bonds. The SMILES string of the molecule is CCC(=O)c1c(F)cccc1Br. The van der Waals surface area contributed by atoms with Crippen molar-refractivity contribution in [3.63, 3.8) is 0 Å². The van der Waals surface area contributed by atoms with E-state index in [1.807, 2.05) is 0 Å². The van der Waals surface area contributed by atoms with Crippen molar-refractivity contribution in [1.82, 2.24) is 0 Å². The molecule has 0 fully saturated rings. The van der Waals surface area contributed by atoms with Crippen LogP contribution in [0.25, 0.3) is 0 Å². The van der Waals surface area contributed by atoms with E-state index < -0.39 is 5.82 Å². The molecule has 0 bridgehead atoms. The summed E-state index contributed by atoms with van der Waals surface area (Å²) in [7, 11) is 0. The number of Topliss-reactive ketones (excluding diaryl/α,β-unsaturated/α-hetero) is 1. The molecule has 1 aromatic rings. The van der Waals surface area contributed by atoms with E-state index >= 15 is 0 Å². The van der Waals surface area contributed by atoms with Crippen molar-refractivity contribution in [1.29, 1.82) is 0 Å². The van der Waals surface area contributed by atoms with Crippen LogP contribution in [0, 0.1) is 5.82 Å². The molecular weight excluding hydrogens is 223 g/mol. The normalized spacial score (nSPS) is 9.92. The maximum Gasteiger partial charge on any atom is 0.166 e. The zero-order chi connectivity index (χ0) is 9.14. The van der Waals surface area contributed by atoms with E-state index in [9.17, 15) is 9.18 Å². The topological polar surface area (TPSA) is 17.1 Å². The summed E-state index contributed by atoms with van der Waals surface area (Å²) in [4.78, 5) is 11.2. The highest BCUT2D eigenvalue weighted by molar-refractivity contribution is 9.10. The van der Waals surface area contributed by atoms with Gasteiger partial charge in [0.05, 0.1) is 5.56 Å². The van der Waals surface area contributed by atoms with Gasteiger partial charge in [0.25, 0.3) is 0 Å². The third kappa shape index (κ3) is 1.72. The lowest BCUT2D eigenvalue weighted by molar-refractivity contribution is 0.0983. The number of carbonyl (C=O) groups excluding carboxylic acids is 1. The van der Waals surface area contributed by atoms with Gasteiger partial charge in [-0.05, 0) is 28.1 Å². The highest BCUT2D eigenvalue weighted by Crippen LogP contribution is 2.20. The van der Waals surface area contributed by atoms with Crippen molar-refractivity contribution in [2.24, 2.45) is 0 Å². The van der Waals surface area contributed by atoms with Gasteiger partial charge < -0.3 is 0 Å². The largest absolute Gasteiger partial charge is 0.294 e. The average molecular weight is 231 g/mol. The Bertz CT molecular complexity index is 289. The van der Waals surface area contributed by atoms with Gasteiger partial charge in [0.15, 0.2) is 5.78 Å².